The third kappa shape index (κ3) is 3.17. The van der Waals surface area contributed by atoms with E-state index in [4.69, 9.17) is 4.74 Å². The second-order valence-electron chi connectivity index (χ2n) is 4.00. The number of alkyl halides is 5. The van der Waals surface area contributed by atoms with Crippen molar-refractivity contribution < 1.29 is 31.1 Å². The Bertz CT molecular complexity index is 460. The predicted molar refractivity (Wildman–Crippen MR) is 60.4 cm³/mol. The maximum atomic E-state index is 13.6. The van der Waals surface area contributed by atoms with Crippen LogP contribution in [0.15, 0.2) is 18.2 Å². The molecule has 0 saturated heterocycles. The van der Waals surface area contributed by atoms with Crippen LogP contribution < -0.4 is 10.1 Å². The Morgan fingerprint density at radius 1 is 1.20 bits per heavy atom. The number of ether oxygens (including phenoxy) is 1. The number of methoxy groups -OCH3 is 1. The Labute approximate surface area is 111 Å². The average molecular weight is 301 g/mol. The lowest BCUT2D eigenvalue weighted by Crippen LogP contribution is -2.48. The van der Waals surface area contributed by atoms with Crippen LogP contribution in [0.4, 0.5) is 26.3 Å². The fourth-order valence-electron chi connectivity index (χ4n) is 1.73. The van der Waals surface area contributed by atoms with E-state index in [9.17, 15) is 26.3 Å². The van der Waals surface area contributed by atoms with E-state index in [2.05, 4.69) is 0 Å². The summed E-state index contributed by atoms with van der Waals surface area (Å²) in [6.45, 7) is 1.21. The van der Waals surface area contributed by atoms with Crippen LogP contribution >= 0.6 is 0 Å². The molecule has 0 fully saturated rings. The zero-order valence-corrected chi connectivity index (χ0v) is 10.7. The maximum absolute atomic E-state index is 13.6. The van der Waals surface area contributed by atoms with Crippen LogP contribution in [0.3, 0.4) is 0 Å². The van der Waals surface area contributed by atoms with Crippen LogP contribution in [-0.2, 0) is 0 Å². The smallest absolute Gasteiger partial charge is 0.455 e. The lowest BCUT2D eigenvalue weighted by molar-refractivity contribution is -0.294. The fourth-order valence-corrected chi connectivity index (χ4v) is 1.73. The van der Waals surface area contributed by atoms with Gasteiger partial charge in [0.1, 0.15) is 17.6 Å². The van der Waals surface area contributed by atoms with Gasteiger partial charge in [-0.05, 0) is 24.7 Å². The Morgan fingerprint density at radius 2 is 1.80 bits per heavy atom. The van der Waals surface area contributed by atoms with Gasteiger partial charge in [0.15, 0.2) is 0 Å². The lowest BCUT2D eigenvalue weighted by Gasteiger charge is -2.30. The first kappa shape index (κ1) is 16.6. The molecule has 20 heavy (non-hydrogen) atoms. The summed E-state index contributed by atoms with van der Waals surface area (Å²) in [5, 5.41) is 2.03. The molecule has 2 nitrogen and oxygen atoms in total. The first-order valence-corrected chi connectivity index (χ1v) is 5.66. The maximum Gasteiger partial charge on any atom is 0.455 e. The van der Waals surface area contributed by atoms with E-state index >= 15 is 0 Å². The molecule has 8 heteroatoms. The predicted octanol–water partition coefficient (Wildman–Crippen LogP) is 3.68. The Morgan fingerprint density at radius 3 is 2.25 bits per heavy atom. The van der Waals surface area contributed by atoms with Crippen LogP contribution in [0.25, 0.3) is 0 Å². The van der Waals surface area contributed by atoms with Gasteiger partial charge in [-0.25, -0.2) is 4.39 Å². The summed E-state index contributed by atoms with van der Waals surface area (Å²) in [5.41, 5.74) is -0.586. The molecular formula is C12H13F6NO. The fraction of sp³-hybridized carbons (Fsp3) is 0.500. The highest BCUT2D eigenvalue weighted by Crippen LogP contribution is 2.46. The first-order chi connectivity index (χ1) is 9.15. The van der Waals surface area contributed by atoms with Crippen LogP contribution in [0.2, 0.25) is 0 Å². The molecule has 1 atom stereocenters. The Balaban J connectivity index is 3.37. The Kier molecular flexibility index (Phi) is 4.90. The molecule has 0 aromatic heterocycles. The zero-order valence-electron chi connectivity index (χ0n) is 10.7. The van der Waals surface area contributed by atoms with Crippen LogP contribution in [0, 0.1) is 5.82 Å². The van der Waals surface area contributed by atoms with Gasteiger partial charge in [-0.2, -0.15) is 22.0 Å². The van der Waals surface area contributed by atoms with Crippen LogP contribution in [0.1, 0.15) is 18.5 Å². The summed E-state index contributed by atoms with van der Waals surface area (Å²) in [6.07, 6.45) is -5.77. The molecule has 0 bridgehead atoms. The second kappa shape index (κ2) is 5.90. The minimum Gasteiger partial charge on any atom is -0.496 e. The second-order valence-corrected chi connectivity index (χ2v) is 4.00. The van der Waals surface area contributed by atoms with Crippen molar-refractivity contribution >= 4 is 0 Å². The number of hydrogen-bond donors (Lipinski definition) is 1. The number of benzene rings is 1. The van der Waals surface area contributed by atoms with Crippen molar-refractivity contribution in [2.45, 2.75) is 25.1 Å². The van der Waals surface area contributed by atoms with Gasteiger partial charge in [-0.3, -0.25) is 0 Å². The van der Waals surface area contributed by atoms with Crippen LogP contribution in [0.5, 0.6) is 5.75 Å². The molecule has 1 aromatic rings. The van der Waals surface area contributed by atoms with Gasteiger partial charge in [-0.15, -0.1) is 0 Å². The topological polar surface area (TPSA) is 21.3 Å². The molecule has 0 radical (unpaired) electrons. The number of nitrogens with one attached hydrogen (secondary N) is 1. The molecule has 1 unspecified atom stereocenters. The quantitative estimate of drug-likeness (QED) is 0.838. The van der Waals surface area contributed by atoms with E-state index in [1.54, 1.807) is 0 Å². The molecule has 1 N–H and O–H groups in total. The van der Waals surface area contributed by atoms with Crippen molar-refractivity contribution in [3.63, 3.8) is 0 Å². The third-order valence-electron chi connectivity index (χ3n) is 2.65. The van der Waals surface area contributed by atoms with Crippen LogP contribution in [-0.4, -0.2) is 25.8 Å². The summed E-state index contributed by atoms with van der Waals surface area (Å²) < 4.78 is 82.5. The number of halogens is 6. The van der Waals surface area contributed by atoms with Crippen molar-refractivity contribution in [2.24, 2.45) is 0 Å². The number of rotatable bonds is 5. The van der Waals surface area contributed by atoms with Gasteiger partial charge in [0.25, 0.3) is 0 Å². The van der Waals surface area contributed by atoms with Gasteiger partial charge in [0, 0.05) is 5.56 Å². The highest BCUT2D eigenvalue weighted by Gasteiger charge is 2.63. The van der Waals surface area contributed by atoms with Crippen molar-refractivity contribution in [3.8, 4) is 5.75 Å². The molecule has 0 saturated carbocycles. The van der Waals surface area contributed by atoms with E-state index in [0.29, 0.717) is 6.07 Å². The zero-order chi connectivity index (χ0) is 15.6. The van der Waals surface area contributed by atoms with Gasteiger partial charge in [0.2, 0.25) is 0 Å². The molecule has 0 amide bonds. The minimum absolute atomic E-state index is 0.157. The van der Waals surface area contributed by atoms with E-state index < -0.39 is 29.5 Å². The monoisotopic (exact) mass is 301 g/mol. The summed E-state index contributed by atoms with van der Waals surface area (Å²) in [5.74, 6) is -6.24. The van der Waals surface area contributed by atoms with Gasteiger partial charge < -0.3 is 10.1 Å². The van der Waals surface area contributed by atoms with Crippen molar-refractivity contribution in [2.75, 3.05) is 13.7 Å². The molecule has 1 aromatic carbocycles. The van der Waals surface area contributed by atoms with Crippen molar-refractivity contribution in [1.82, 2.24) is 5.32 Å². The Hall–Kier alpha value is -1.44. The highest BCUT2D eigenvalue weighted by atomic mass is 19.4. The normalized spacial score (nSPS) is 14.2. The third-order valence-corrected chi connectivity index (χ3v) is 2.65. The van der Waals surface area contributed by atoms with Crippen molar-refractivity contribution in [3.05, 3.63) is 29.6 Å². The SMILES string of the molecule is CCNC(c1cc(F)ccc1OC)C(F)(F)C(F)(F)F. The summed E-state index contributed by atoms with van der Waals surface area (Å²) in [4.78, 5) is 0. The van der Waals surface area contributed by atoms with Gasteiger partial charge in [-0.1, -0.05) is 6.92 Å². The van der Waals surface area contributed by atoms with Gasteiger partial charge >= 0.3 is 12.1 Å². The van der Waals surface area contributed by atoms with Gasteiger partial charge in [0.05, 0.1) is 7.11 Å². The standard InChI is InChI=1S/C12H13F6NO/c1-3-19-10(11(14,15)12(16,17)18)8-6-7(13)4-5-9(8)20-2/h4-6,10,19H,3H2,1-2H3. The molecule has 0 heterocycles. The van der Waals surface area contributed by atoms with E-state index in [1.807, 2.05) is 5.32 Å². The molecule has 0 aliphatic heterocycles. The average Bonchev–Trinajstić information content (AvgIpc) is 2.34. The molecule has 0 spiro atoms. The molecule has 114 valence electrons. The first-order valence-electron chi connectivity index (χ1n) is 5.66. The van der Waals surface area contributed by atoms with E-state index in [-0.39, 0.29) is 12.3 Å². The molecule has 0 aliphatic rings. The molecule has 1 rings (SSSR count). The van der Waals surface area contributed by atoms with Crippen molar-refractivity contribution in [1.29, 1.82) is 0 Å². The lowest BCUT2D eigenvalue weighted by atomic mass is 9.98. The van der Waals surface area contributed by atoms with E-state index in [1.165, 1.54) is 6.92 Å². The number of hydrogen-bond acceptors (Lipinski definition) is 2. The summed E-state index contributed by atoms with van der Waals surface area (Å²) >= 11 is 0. The molecular weight excluding hydrogens is 288 g/mol. The minimum atomic E-state index is -5.77. The molecule has 0 aliphatic carbocycles. The summed E-state index contributed by atoms with van der Waals surface area (Å²) in [7, 11) is 1.10. The van der Waals surface area contributed by atoms with E-state index in [0.717, 1.165) is 19.2 Å². The highest BCUT2D eigenvalue weighted by molar-refractivity contribution is 5.38. The summed E-state index contributed by atoms with van der Waals surface area (Å²) in [6, 6.07) is 0.0859. The largest absolute Gasteiger partial charge is 0.496 e.